The Bertz CT molecular complexity index is 816. The summed E-state index contributed by atoms with van der Waals surface area (Å²) in [5.74, 6) is 0.733. The molecule has 1 heterocycles. The molecule has 1 aromatic carbocycles. The van der Waals surface area contributed by atoms with E-state index >= 15 is 0 Å². The van der Waals surface area contributed by atoms with Gasteiger partial charge in [0.05, 0.1) is 6.54 Å². The van der Waals surface area contributed by atoms with Crippen LogP contribution in [0.15, 0.2) is 29.3 Å². The number of benzene rings is 1. The van der Waals surface area contributed by atoms with Crippen LogP contribution in [-0.2, 0) is 17.9 Å². The molecule has 7 heteroatoms. The maximum absolute atomic E-state index is 13.7. The molecule has 1 unspecified atom stereocenters. The number of aliphatic imine (C=N–C) groups is 1. The maximum atomic E-state index is 13.7. The lowest BCUT2D eigenvalue weighted by atomic mass is 9.72. The fourth-order valence-electron chi connectivity index (χ4n) is 5.03. The van der Waals surface area contributed by atoms with Crippen molar-refractivity contribution in [3.63, 3.8) is 0 Å². The first-order valence-electron chi connectivity index (χ1n) is 12.8. The van der Waals surface area contributed by atoms with Crippen LogP contribution >= 0.6 is 0 Å². The van der Waals surface area contributed by atoms with Crippen LogP contribution in [0.2, 0.25) is 0 Å². The zero-order valence-electron chi connectivity index (χ0n) is 20.4. The third-order valence-corrected chi connectivity index (χ3v) is 7.03. The summed E-state index contributed by atoms with van der Waals surface area (Å²) in [5.41, 5.74) is 7.68. The molecule has 1 aromatic rings. The zero-order valence-corrected chi connectivity index (χ0v) is 20.4. The number of nitrogens with two attached hydrogens (primary N) is 1. The Morgan fingerprint density at radius 3 is 2.39 bits per heavy atom. The highest BCUT2D eigenvalue weighted by Gasteiger charge is 2.52. The summed E-state index contributed by atoms with van der Waals surface area (Å²) in [5, 5.41) is 5.73. The van der Waals surface area contributed by atoms with Gasteiger partial charge in [-0.2, -0.15) is 0 Å². The molecule has 0 aromatic heterocycles. The number of nitrogens with zero attached hydrogens (tertiary/aromatic N) is 2. The minimum absolute atomic E-state index is 0.0786. The average molecular weight is 456 g/mol. The quantitative estimate of drug-likeness (QED) is 0.430. The van der Waals surface area contributed by atoms with Crippen LogP contribution in [-0.4, -0.2) is 34.9 Å². The fraction of sp³-hybridized carbons (Fsp3) is 0.654. The Labute approximate surface area is 198 Å². The van der Waals surface area contributed by atoms with Gasteiger partial charge in [0.1, 0.15) is 5.54 Å². The highest BCUT2D eigenvalue weighted by molar-refractivity contribution is 6.07. The lowest BCUT2D eigenvalue weighted by molar-refractivity contribution is -0.134. The Kier molecular flexibility index (Phi) is 9.15. The number of amides is 3. The summed E-state index contributed by atoms with van der Waals surface area (Å²) < 4.78 is 0. The second kappa shape index (κ2) is 12.1. The van der Waals surface area contributed by atoms with Gasteiger partial charge in [-0.05, 0) is 42.7 Å². The Morgan fingerprint density at radius 1 is 1.06 bits per heavy atom. The molecule has 33 heavy (non-hydrogen) atoms. The first-order valence-corrected chi connectivity index (χ1v) is 12.8. The van der Waals surface area contributed by atoms with E-state index in [0.717, 1.165) is 56.1 Å². The fourth-order valence-corrected chi connectivity index (χ4v) is 5.03. The van der Waals surface area contributed by atoms with Crippen molar-refractivity contribution in [3.05, 3.63) is 35.4 Å². The van der Waals surface area contributed by atoms with Gasteiger partial charge in [0.15, 0.2) is 5.96 Å². The van der Waals surface area contributed by atoms with E-state index in [9.17, 15) is 9.59 Å². The molecular weight excluding hydrogens is 414 g/mol. The largest absolute Gasteiger partial charge is 0.369 e. The van der Waals surface area contributed by atoms with Crippen LogP contribution in [0.1, 0.15) is 89.2 Å². The van der Waals surface area contributed by atoms with Crippen molar-refractivity contribution in [2.24, 2.45) is 16.6 Å². The van der Waals surface area contributed by atoms with E-state index in [0.29, 0.717) is 31.5 Å². The molecule has 1 atom stereocenters. The van der Waals surface area contributed by atoms with Crippen LogP contribution in [0, 0.1) is 5.92 Å². The van der Waals surface area contributed by atoms with Gasteiger partial charge in [0.25, 0.3) is 5.91 Å². The molecule has 1 fully saturated rings. The number of carbonyl (C=O) groups is 2. The molecular formula is C26H41N5O2. The van der Waals surface area contributed by atoms with Crippen LogP contribution in [0.3, 0.4) is 0 Å². The second-order valence-electron chi connectivity index (χ2n) is 9.50. The number of rotatable bonds is 11. The first kappa shape index (κ1) is 25.1. The summed E-state index contributed by atoms with van der Waals surface area (Å²) in [7, 11) is 0. The molecule has 0 saturated heterocycles. The van der Waals surface area contributed by atoms with Crippen LogP contribution in [0.5, 0.6) is 0 Å². The van der Waals surface area contributed by atoms with Crippen LogP contribution in [0.4, 0.5) is 4.79 Å². The number of guanidine groups is 1. The Hall–Kier alpha value is -2.57. The van der Waals surface area contributed by atoms with Gasteiger partial charge < -0.3 is 16.4 Å². The molecule has 2 aliphatic rings. The van der Waals surface area contributed by atoms with Gasteiger partial charge in [-0.15, -0.1) is 0 Å². The number of urea groups is 1. The molecule has 0 bridgehead atoms. The SMILES string of the molecule is CCCCNC(=O)NCc1ccc(CN2C(=O)C(CCCC)(C3CCCCC3)N=C2N)cc1. The minimum Gasteiger partial charge on any atom is -0.369 e. The van der Waals surface area contributed by atoms with Gasteiger partial charge in [0.2, 0.25) is 0 Å². The minimum atomic E-state index is -0.671. The predicted molar refractivity (Wildman–Crippen MR) is 133 cm³/mol. The van der Waals surface area contributed by atoms with Gasteiger partial charge >= 0.3 is 6.03 Å². The lowest BCUT2D eigenvalue weighted by Gasteiger charge is -2.36. The summed E-state index contributed by atoms with van der Waals surface area (Å²) >= 11 is 0. The van der Waals surface area contributed by atoms with Crippen molar-refractivity contribution in [2.45, 2.75) is 96.7 Å². The lowest BCUT2D eigenvalue weighted by Crippen LogP contribution is -2.48. The van der Waals surface area contributed by atoms with Crippen molar-refractivity contribution in [3.8, 4) is 0 Å². The monoisotopic (exact) mass is 455 g/mol. The van der Waals surface area contributed by atoms with E-state index in [-0.39, 0.29) is 11.9 Å². The molecule has 182 valence electrons. The van der Waals surface area contributed by atoms with Crippen molar-refractivity contribution in [1.29, 1.82) is 0 Å². The third kappa shape index (κ3) is 6.27. The van der Waals surface area contributed by atoms with Gasteiger partial charge in [-0.3, -0.25) is 9.69 Å². The van der Waals surface area contributed by atoms with E-state index in [4.69, 9.17) is 10.7 Å². The van der Waals surface area contributed by atoms with Crippen molar-refractivity contribution >= 4 is 17.9 Å². The highest BCUT2D eigenvalue weighted by Crippen LogP contribution is 2.42. The molecule has 3 rings (SSSR count). The summed E-state index contributed by atoms with van der Waals surface area (Å²) in [6, 6.07) is 7.82. The summed E-state index contributed by atoms with van der Waals surface area (Å²) in [6.07, 6.45) is 10.6. The van der Waals surface area contributed by atoms with Crippen molar-refractivity contribution < 1.29 is 9.59 Å². The normalized spacial score (nSPS) is 21.2. The molecule has 1 aliphatic heterocycles. The van der Waals surface area contributed by atoms with E-state index < -0.39 is 5.54 Å². The van der Waals surface area contributed by atoms with E-state index in [1.807, 2.05) is 24.3 Å². The van der Waals surface area contributed by atoms with Crippen molar-refractivity contribution in [2.75, 3.05) is 6.54 Å². The van der Waals surface area contributed by atoms with E-state index in [2.05, 4.69) is 24.5 Å². The van der Waals surface area contributed by atoms with Crippen LogP contribution in [0.25, 0.3) is 0 Å². The van der Waals surface area contributed by atoms with Crippen LogP contribution < -0.4 is 16.4 Å². The third-order valence-electron chi connectivity index (χ3n) is 7.03. The molecule has 0 spiro atoms. The number of hydrogen-bond donors (Lipinski definition) is 3. The molecule has 3 amide bonds. The number of carbonyl (C=O) groups excluding carboxylic acids is 2. The molecule has 1 aliphatic carbocycles. The summed E-state index contributed by atoms with van der Waals surface area (Å²) in [4.78, 5) is 32.0. The zero-order chi connectivity index (χ0) is 23.7. The first-order chi connectivity index (χ1) is 16.0. The van der Waals surface area contributed by atoms with Gasteiger partial charge in [-0.1, -0.05) is 76.6 Å². The molecule has 4 N–H and O–H groups in total. The highest BCUT2D eigenvalue weighted by atomic mass is 16.2. The van der Waals surface area contributed by atoms with E-state index in [1.165, 1.54) is 19.3 Å². The van der Waals surface area contributed by atoms with Gasteiger partial charge in [0, 0.05) is 13.1 Å². The summed E-state index contributed by atoms with van der Waals surface area (Å²) in [6.45, 7) is 5.84. The Morgan fingerprint density at radius 2 is 1.73 bits per heavy atom. The standard InChI is InChI=1S/C26H41N5O2/c1-3-5-16-26(22-10-8-7-9-11-22)23(32)31(24(27)30-26)19-21-14-12-20(13-15-21)18-29-25(33)28-17-6-4-2/h12-15,22H,3-11,16-19H2,1-2H3,(H2,27,30)(H2,28,29,33). The average Bonchev–Trinajstić information content (AvgIpc) is 3.08. The number of hydrogen-bond acceptors (Lipinski definition) is 4. The number of unbranched alkanes of at least 4 members (excludes halogenated alkanes) is 2. The molecule has 1 saturated carbocycles. The topological polar surface area (TPSA) is 99.8 Å². The maximum Gasteiger partial charge on any atom is 0.315 e. The Balaban J connectivity index is 1.61. The molecule has 0 radical (unpaired) electrons. The smallest absolute Gasteiger partial charge is 0.315 e. The van der Waals surface area contributed by atoms with Gasteiger partial charge in [-0.25, -0.2) is 9.79 Å². The predicted octanol–water partition coefficient (Wildman–Crippen LogP) is 4.45. The molecule has 7 nitrogen and oxygen atoms in total. The van der Waals surface area contributed by atoms with E-state index in [1.54, 1.807) is 4.90 Å². The second-order valence-corrected chi connectivity index (χ2v) is 9.50. The van der Waals surface area contributed by atoms with Crippen molar-refractivity contribution in [1.82, 2.24) is 15.5 Å². The number of nitrogens with one attached hydrogen (secondary N) is 2.